The highest BCUT2D eigenvalue weighted by Crippen LogP contribution is 2.28. The molecule has 0 spiro atoms. The summed E-state index contributed by atoms with van der Waals surface area (Å²) in [7, 11) is 1.75. The number of benzene rings is 3. The van der Waals surface area contributed by atoms with Gasteiger partial charge in [-0.1, -0.05) is 50.2 Å². The Labute approximate surface area is 229 Å². The highest BCUT2D eigenvalue weighted by atomic mass is 19.1. The van der Waals surface area contributed by atoms with Crippen LogP contribution in [0.2, 0.25) is 0 Å². The van der Waals surface area contributed by atoms with Crippen LogP contribution < -0.4 is 10.2 Å². The predicted octanol–water partition coefficient (Wildman–Crippen LogP) is 5.04. The van der Waals surface area contributed by atoms with E-state index in [0.717, 1.165) is 11.3 Å². The summed E-state index contributed by atoms with van der Waals surface area (Å²) in [6.07, 6.45) is 0.522. The topological polar surface area (TPSA) is 73.0 Å². The van der Waals surface area contributed by atoms with Crippen molar-refractivity contribution in [3.8, 4) is 0 Å². The van der Waals surface area contributed by atoms with Gasteiger partial charge in [0.2, 0.25) is 5.91 Å². The van der Waals surface area contributed by atoms with E-state index in [1.165, 1.54) is 24.3 Å². The summed E-state index contributed by atoms with van der Waals surface area (Å²) >= 11 is 0. The van der Waals surface area contributed by atoms with Crippen LogP contribution in [0.4, 0.5) is 15.8 Å². The number of halogens is 1. The SMILES string of the molecule is CC(C)CC(=O)N1CCN(c2ccc(NC(=O)c3cccc(F)c3)cc2C(=O)N(C)Cc2ccccc2)CC1. The Hall–Kier alpha value is -4.20. The van der Waals surface area contributed by atoms with E-state index in [1.54, 1.807) is 24.1 Å². The van der Waals surface area contributed by atoms with Crippen molar-refractivity contribution in [2.75, 3.05) is 43.4 Å². The fraction of sp³-hybridized carbons (Fsp3) is 0.323. The predicted molar refractivity (Wildman–Crippen MR) is 151 cm³/mol. The van der Waals surface area contributed by atoms with Gasteiger partial charge in [0, 0.05) is 63.1 Å². The molecule has 3 amide bonds. The minimum Gasteiger partial charge on any atom is -0.367 e. The molecule has 0 saturated carbocycles. The second-order valence-electron chi connectivity index (χ2n) is 10.3. The molecule has 0 bridgehead atoms. The zero-order chi connectivity index (χ0) is 27.9. The average molecular weight is 531 g/mol. The standard InChI is InChI=1S/C31H35FN4O3/c1-22(2)18-29(37)36-16-14-35(15-17-36)28-13-12-26(33-30(38)24-10-7-11-25(32)19-24)20-27(28)31(39)34(3)21-23-8-5-4-6-9-23/h4-13,19-20,22H,14-18,21H2,1-3H3,(H,33,38). The Morgan fingerprint density at radius 2 is 1.64 bits per heavy atom. The van der Waals surface area contributed by atoms with Gasteiger partial charge in [0.25, 0.3) is 11.8 Å². The highest BCUT2D eigenvalue weighted by Gasteiger charge is 2.26. The Morgan fingerprint density at radius 3 is 2.31 bits per heavy atom. The summed E-state index contributed by atoms with van der Waals surface area (Å²) in [5.74, 6) is -0.694. The number of nitrogens with zero attached hydrogens (tertiary/aromatic N) is 3. The van der Waals surface area contributed by atoms with E-state index in [2.05, 4.69) is 10.2 Å². The van der Waals surface area contributed by atoms with E-state index >= 15 is 0 Å². The molecule has 0 aromatic heterocycles. The molecular formula is C31H35FN4O3. The maximum absolute atomic E-state index is 13.7. The van der Waals surface area contributed by atoms with Crippen molar-refractivity contribution in [1.29, 1.82) is 0 Å². The van der Waals surface area contributed by atoms with E-state index in [4.69, 9.17) is 0 Å². The van der Waals surface area contributed by atoms with Crippen LogP contribution in [0.1, 0.15) is 46.5 Å². The second kappa shape index (κ2) is 12.6. The maximum Gasteiger partial charge on any atom is 0.256 e. The summed E-state index contributed by atoms with van der Waals surface area (Å²) in [5.41, 5.74) is 2.83. The molecule has 1 heterocycles. The van der Waals surface area contributed by atoms with Crippen LogP contribution in [0.5, 0.6) is 0 Å². The number of hydrogen-bond acceptors (Lipinski definition) is 4. The summed E-state index contributed by atoms with van der Waals surface area (Å²) < 4.78 is 13.6. The number of anilines is 2. The van der Waals surface area contributed by atoms with Crippen molar-refractivity contribution in [1.82, 2.24) is 9.80 Å². The lowest BCUT2D eigenvalue weighted by Gasteiger charge is -2.37. The third-order valence-corrected chi connectivity index (χ3v) is 6.74. The summed E-state index contributed by atoms with van der Waals surface area (Å²) in [6, 6.07) is 20.4. The van der Waals surface area contributed by atoms with Gasteiger partial charge in [-0.2, -0.15) is 0 Å². The van der Waals surface area contributed by atoms with Gasteiger partial charge in [-0.25, -0.2) is 4.39 Å². The number of amides is 3. The van der Waals surface area contributed by atoms with Crippen molar-refractivity contribution < 1.29 is 18.8 Å². The zero-order valence-corrected chi connectivity index (χ0v) is 22.7. The van der Waals surface area contributed by atoms with Gasteiger partial charge in [-0.05, 0) is 47.9 Å². The molecule has 1 aliphatic rings. The minimum atomic E-state index is -0.498. The first-order valence-electron chi connectivity index (χ1n) is 13.2. The number of hydrogen-bond donors (Lipinski definition) is 1. The largest absolute Gasteiger partial charge is 0.367 e. The molecule has 0 atom stereocenters. The first-order valence-corrected chi connectivity index (χ1v) is 13.2. The summed E-state index contributed by atoms with van der Waals surface area (Å²) in [6.45, 7) is 6.85. The van der Waals surface area contributed by atoms with Gasteiger partial charge in [0.05, 0.1) is 5.56 Å². The smallest absolute Gasteiger partial charge is 0.256 e. The number of nitrogens with one attached hydrogen (secondary N) is 1. The van der Waals surface area contributed by atoms with E-state index in [0.29, 0.717) is 56.3 Å². The van der Waals surface area contributed by atoms with Crippen molar-refractivity contribution in [2.24, 2.45) is 5.92 Å². The lowest BCUT2D eigenvalue weighted by atomic mass is 10.1. The number of carbonyl (C=O) groups excluding carboxylic acids is 3. The van der Waals surface area contributed by atoms with E-state index in [-0.39, 0.29) is 17.4 Å². The molecule has 4 rings (SSSR count). The molecule has 1 saturated heterocycles. The first kappa shape index (κ1) is 27.8. The van der Waals surface area contributed by atoms with E-state index < -0.39 is 11.7 Å². The first-order chi connectivity index (χ1) is 18.7. The Kier molecular flexibility index (Phi) is 8.96. The van der Waals surface area contributed by atoms with Gasteiger partial charge >= 0.3 is 0 Å². The third kappa shape index (κ3) is 7.22. The van der Waals surface area contributed by atoms with Gasteiger partial charge in [0.1, 0.15) is 5.82 Å². The Morgan fingerprint density at radius 1 is 0.923 bits per heavy atom. The Bertz CT molecular complexity index is 1320. The van der Waals surface area contributed by atoms with Gasteiger partial charge < -0.3 is 20.0 Å². The van der Waals surface area contributed by atoms with Gasteiger partial charge in [-0.3, -0.25) is 14.4 Å². The molecule has 204 valence electrons. The number of rotatable bonds is 8. The molecule has 7 nitrogen and oxygen atoms in total. The molecule has 8 heteroatoms. The molecule has 1 N–H and O–H groups in total. The molecule has 3 aromatic carbocycles. The van der Waals surface area contributed by atoms with Crippen molar-refractivity contribution in [3.05, 3.63) is 95.3 Å². The molecule has 39 heavy (non-hydrogen) atoms. The molecule has 0 unspecified atom stereocenters. The van der Waals surface area contributed by atoms with Crippen molar-refractivity contribution >= 4 is 29.1 Å². The number of carbonyl (C=O) groups is 3. The van der Waals surface area contributed by atoms with Crippen LogP contribution in [-0.4, -0.2) is 60.7 Å². The molecular weight excluding hydrogens is 495 g/mol. The zero-order valence-electron chi connectivity index (χ0n) is 22.7. The maximum atomic E-state index is 13.7. The molecule has 0 radical (unpaired) electrons. The van der Waals surface area contributed by atoms with Crippen LogP contribution >= 0.6 is 0 Å². The normalized spacial score (nSPS) is 13.4. The summed E-state index contributed by atoms with van der Waals surface area (Å²) in [4.78, 5) is 44.7. The van der Waals surface area contributed by atoms with Crippen LogP contribution in [0.15, 0.2) is 72.8 Å². The lowest BCUT2D eigenvalue weighted by molar-refractivity contribution is -0.132. The van der Waals surface area contributed by atoms with Crippen molar-refractivity contribution in [2.45, 2.75) is 26.8 Å². The van der Waals surface area contributed by atoms with Crippen LogP contribution in [0.25, 0.3) is 0 Å². The quantitative estimate of drug-likeness (QED) is 0.443. The monoisotopic (exact) mass is 530 g/mol. The van der Waals surface area contributed by atoms with E-state index in [9.17, 15) is 18.8 Å². The highest BCUT2D eigenvalue weighted by molar-refractivity contribution is 6.06. The summed E-state index contributed by atoms with van der Waals surface area (Å²) in [5, 5.41) is 2.79. The fourth-order valence-corrected chi connectivity index (χ4v) is 4.70. The third-order valence-electron chi connectivity index (χ3n) is 6.74. The Balaban J connectivity index is 1.57. The van der Waals surface area contributed by atoms with E-state index in [1.807, 2.05) is 55.1 Å². The van der Waals surface area contributed by atoms with Crippen molar-refractivity contribution in [3.63, 3.8) is 0 Å². The number of piperazine rings is 1. The molecule has 3 aromatic rings. The second-order valence-corrected chi connectivity index (χ2v) is 10.3. The van der Waals surface area contributed by atoms with Crippen LogP contribution in [-0.2, 0) is 11.3 Å². The molecule has 0 aliphatic carbocycles. The van der Waals surface area contributed by atoms with Gasteiger partial charge in [0.15, 0.2) is 0 Å². The lowest BCUT2D eigenvalue weighted by Crippen LogP contribution is -2.49. The van der Waals surface area contributed by atoms with Gasteiger partial charge in [-0.15, -0.1) is 0 Å². The van der Waals surface area contributed by atoms with Crippen LogP contribution in [0.3, 0.4) is 0 Å². The minimum absolute atomic E-state index is 0.152. The average Bonchev–Trinajstić information content (AvgIpc) is 2.93. The molecule has 1 aliphatic heterocycles. The van der Waals surface area contributed by atoms with Crippen LogP contribution in [0, 0.1) is 11.7 Å². The molecule has 1 fully saturated rings. The fourth-order valence-electron chi connectivity index (χ4n) is 4.70.